The highest BCUT2D eigenvalue weighted by molar-refractivity contribution is 5.86. The monoisotopic (exact) mass is 215 g/mol. The summed E-state index contributed by atoms with van der Waals surface area (Å²) in [7, 11) is 0. The summed E-state index contributed by atoms with van der Waals surface area (Å²) in [5.41, 5.74) is 1.59. The molecule has 2 aromatic rings. The van der Waals surface area contributed by atoms with Crippen LogP contribution in [0.1, 0.15) is 10.4 Å². The number of hydrogen-bond donors (Lipinski definition) is 0. The van der Waals surface area contributed by atoms with Crippen LogP contribution < -0.4 is 5.11 Å². The van der Waals surface area contributed by atoms with Gasteiger partial charge in [-0.15, -0.1) is 0 Å². The first-order valence-electron chi connectivity index (χ1n) is 4.74. The zero-order chi connectivity index (χ0) is 11.5. The summed E-state index contributed by atoms with van der Waals surface area (Å²) in [4.78, 5) is 10.5. The number of rotatable bonds is 2. The van der Waals surface area contributed by atoms with Crippen molar-refractivity contribution >= 4 is 5.97 Å². The van der Waals surface area contributed by atoms with E-state index < -0.39 is 5.97 Å². The average Bonchev–Trinajstić information content (AvgIpc) is 2.29. The van der Waals surface area contributed by atoms with Gasteiger partial charge in [0.05, 0.1) is 5.97 Å². The molecule has 0 heterocycles. The first kappa shape index (κ1) is 10.4. The van der Waals surface area contributed by atoms with Crippen molar-refractivity contribution in [2.24, 2.45) is 0 Å². The molecule has 0 N–H and O–H groups in total. The summed E-state index contributed by atoms with van der Waals surface area (Å²) in [5.74, 6) is -1.53. The molecule has 0 saturated heterocycles. The SMILES string of the molecule is O=C([O-])c1ccc(-c2cccc(F)c2)cc1. The Kier molecular flexibility index (Phi) is 2.68. The van der Waals surface area contributed by atoms with Gasteiger partial charge in [-0.25, -0.2) is 4.39 Å². The van der Waals surface area contributed by atoms with Crippen LogP contribution in [0.25, 0.3) is 11.1 Å². The second-order valence-corrected chi connectivity index (χ2v) is 3.38. The van der Waals surface area contributed by atoms with Crippen molar-refractivity contribution in [2.45, 2.75) is 0 Å². The molecule has 0 aromatic heterocycles. The van der Waals surface area contributed by atoms with Gasteiger partial charge in [0.1, 0.15) is 5.82 Å². The summed E-state index contributed by atoms with van der Waals surface area (Å²) in [6, 6.07) is 12.3. The third-order valence-corrected chi connectivity index (χ3v) is 2.28. The van der Waals surface area contributed by atoms with Gasteiger partial charge < -0.3 is 9.90 Å². The summed E-state index contributed by atoms with van der Waals surface area (Å²) < 4.78 is 13.0. The number of hydrogen-bond acceptors (Lipinski definition) is 2. The molecule has 0 unspecified atom stereocenters. The Morgan fingerprint density at radius 1 is 1.00 bits per heavy atom. The molecule has 3 heteroatoms. The topological polar surface area (TPSA) is 40.1 Å². The van der Waals surface area contributed by atoms with E-state index in [0.29, 0.717) is 5.56 Å². The van der Waals surface area contributed by atoms with Crippen molar-refractivity contribution in [1.82, 2.24) is 0 Å². The molecule has 0 spiro atoms. The van der Waals surface area contributed by atoms with Crippen LogP contribution in [0.5, 0.6) is 0 Å². The maximum Gasteiger partial charge on any atom is 0.123 e. The van der Waals surface area contributed by atoms with Crippen molar-refractivity contribution in [2.75, 3.05) is 0 Å². The molecule has 0 aliphatic carbocycles. The third kappa shape index (κ3) is 2.08. The molecule has 0 radical (unpaired) electrons. The Bertz CT molecular complexity index is 518. The maximum atomic E-state index is 13.0. The summed E-state index contributed by atoms with van der Waals surface area (Å²) in [5, 5.41) is 10.5. The zero-order valence-corrected chi connectivity index (χ0v) is 8.31. The largest absolute Gasteiger partial charge is 0.545 e. The van der Waals surface area contributed by atoms with Crippen LogP contribution in [-0.4, -0.2) is 5.97 Å². The smallest absolute Gasteiger partial charge is 0.123 e. The van der Waals surface area contributed by atoms with Crippen LogP contribution in [0.15, 0.2) is 48.5 Å². The number of aromatic carboxylic acids is 1. The molecule has 0 amide bonds. The van der Waals surface area contributed by atoms with Crippen molar-refractivity contribution in [3.8, 4) is 11.1 Å². The second-order valence-electron chi connectivity index (χ2n) is 3.38. The third-order valence-electron chi connectivity index (χ3n) is 2.28. The van der Waals surface area contributed by atoms with Gasteiger partial charge in [0, 0.05) is 0 Å². The highest BCUT2D eigenvalue weighted by atomic mass is 19.1. The van der Waals surface area contributed by atoms with Gasteiger partial charge in [0.25, 0.3) is 0 Å². The van der Waals surface area contributed by atoms with Crippen LogP contribution in [0, 0.1) is 5.82 Å². The van der Waals surface area contributed by atoms with Gasteiger partial charge in [-0.2, -0.15) is 0 Å². The lowest BCUT2D eigenvalue weighted by molar-refractivity contribution is -0.255. The number of carboxylic acid groups (broad SMARTS) is 1. The number of carbonyl (C=O) groups is 1. The van der Waals surface area contributed by atoms with E-state index in [0.717, 1.165) is 5.56 Å². The lowest BCUT2D eigenvalue weighted by Crippen LogP contribution is -2.21. The zero-order valence-electron chi connectivity index (χ0n) is 8.31. The highest BCUT2D eigenvalue weighted by Gasteiger charge is 1.99. The molecule has 16 heavy (non-hydrogen) atoms. The van der Waals surface area contributed by atoms with E-state index in [1.54, 1.807) is 24.3 Å². The van der Waals surface area contributed by atoms with Crippen LogP contribution >= 0.6 is 0 Å². The molecular formula is C13H8FO2-. The quantitative estimate of drug-likeness (QED) is 0.767. The Labute approximate surface area is 92.0 Å². The fourth-order valence-corrected chi connectivity index (χ4v) is 1.47. The van der Waals surface area contributed by atoms with Crippen LogP contribution in [-0.2, 0) is 0 Å². The minimum atomic E-state index is -1.22. The molecule has 2 nitrogen and oxygen atoms in total. The van der Waals surface area contributed by atoms with Gasteiger partial charge in [-0.1, -0.05) is 36.4 Å². The normalized spacial score (nSPS) is 10.1. The predicted octanol–water partition coefficient (Wildman–Crippen LogP) is 1.86. The molecule has 0 saturated carbocycles. The molecular weight excluding hydrogens is 207 g/mol. The van der Waals surface area contributed by atoms with Gasteiger partial charge in [-0.3, -0.25) is 0 Å². The van der Waals surface area contributed by atoms with Gasteiger partial charge in [-0.05, 0) is 28.8 Å². The molecule has 0 aliphatic heterocycles. The summed E-state index contributed by atoms with van der Waals surface area (Å²) >= 11 is 0. The van der Waals surface area contributed by atoms with Crippen LogP contribution in [0.4, 0.5) is 4.39 Å². The van der Waals surface area contributed by atoms with E-state index in [4.69, 9.17) is 0 Å². The molecule has 0 fully saturated rings. The summed E-state index contributed by atoms with van der Waals surface area (Å²) in [6.07, 6.45) is 0. The number of benzene rings is 2. The Morgan fingerprint density at radius 2 is 1.69 bits per heavy atom. The van der Waals surface area contributed by atoms with Crippen LogP contribution in [0.3, 0.4) is 0 Å². The van der Waals surface area contributed by atoms with E-state index in [2.05, 4.69) is 0 Å². The molecule has 2 rings (SSSR count). The van der Waals surface area contributed by atoms with Crippen molar-refractivity contribution in [3.05, 3.63) is 59.9 Å². The Morgan fingerprint density at radius 3 is 2.25 bits per heavy atom. The first-order chi connectivity index (χ1) is 7.66. The molecule has 80 valence electrons. The number of carboxylic acids is 1. The lowest BCUT2D eigenvalue weighted by atomic mass is 10.0. The average molecular weight is 215 g/mol. The first-order valence-corrected chi connectivity index (χ1v) is 4.74. The predicted molar refractivity (Wildman–Crippen MR) is 56.2 cm³/mol. The van der Waals surface area contributed by atoms with Gasteiger partial charge >= 0.3 is 0 Å². The van der Waals surface area contributed by atoms with Crippen molar-refractivity contribution in [3.63, 3.8) is 0 Å². The number of carbonyl (C=O) groups excluding carboxylic acids is 1. The molecule has 0 aliphatic rings. The molecule has 0 atom stereocenters. The minimum Gasteiger partial charge on any atom is -0.545 e. The standard InChI is InChI=1S/C13H9FO2/c14-12-3-1-2-11(8-12)9-4-6-10(7-5-9)13(15)16/h1-8H,(H,15,16)/p-1. The van der Waals surface area contributed by atoms with Crippen molar-refractivity contribution in [1.29, 1.82) is 0 Å². The van der Waals surface area contributed by atoms with E-state index in [9.17, 15) is 14.3 Å². The fraction of sp³-hybridized carbons (Fsp3) is 0. The molecule has 0 bridgehead atoms. The fourth-order valence-electron chi connectivity index (χ4n) is 1.47. The maximum absolute atomic E-state index is 13.0. The van der Waals surface area contributed by atoms with Crippen molar-refractivity contribution < 1.29 is 14.3 Å². The van der Waals surface area contributed by atoms with Gasteiger partial charge in [0.15, 0.2) is 0 Å². The Balaban J connectivity index is 2.38. The second kappa shape index (κ2) is 4.14. The van der Waals surface area contributed by atoms with Crippen LogP contribution in [0.2, 0.25) is 0 Å². The summed E-state index contributed by atoms with van der Waals surface area (Å²) in [6.45, 7) is 0. The van der Waals surface area contributed by atoms with E-state index in [-0.39, 0.29) is 11.4 Å². The Hall–Kier alpha value is -2.16. The molecule has 2 aromatic carbocycles. The van der Waals surface area contributed by atoms with E-state index in [1.807, 2.05) is 0 Å². The minimum absolute atomic E-state index is 0.111. The lowest BCUT2D eigenvalue weighted by Gasteiger charge is -2.05. The number of halogens is 1. The van der Waals surface area contributed by atoms with Gasteiger partial charge in [0.2, 0.25) is 0 Å². The van der Waals surface area contributed by atoms with E-state index in [1.165, 1.54) is 24.3 Å². The highest BCUT2D eigenvalue weighted by Crippen LogP contribution is 2.20. The van der Waals surface area contributed by atoms with E-state index >= 15 is 0 Å².